The molecule has 23 heavy (non-hydrogen) atoms. The number of piperidine rings is 1. The lowest BCUT2D eigenvalue weighted by Gasteiger charge is -2.39. The number of nitrogens with one attached hydrogen (secondary N) is 1. The summed E-state index contributed by atoms with van der Waals surface area (Å²) in [6.45, 7) is 8.39. The van der Waals surface area contributed by atoms with Gasteiger partial charge in [-0.25, -0.2) is 4.79 Å². The Morgan fingerprint density at radius 2 is 1.83 bits per heavy atom. The number of carbonyl (C=O) groups excluding carboxylic acids is 1. The molecule has 2 N–H and O–H groups in total. The van der Waals surface area contributed by atoms with Crippen LogP contribution in [0.2, 0.25) is 0 Å². The highest BCUT2D eigenvalue weighted by Gasteiger charge is 2.33. The van der Waals surface area contributed by atoms with E-state index in [9.17, 15) is 9.90 Å². The van der Waals surface area contributed by atoms with E-state index in [1.54, 1.807) is 0 Å². The zero-order valence-electron chi connectivity index (χ0n) is 15.1. The quantitative estimate of drug-likeness (QED) is 0.834. The summed E-state index contributed by atoms with van der Waals surface area (Å²) in [5.74, 6) is 0. The van der Waals surface area contributed by atoms with Crippen molar-refractivity contribution in [1.29, 1.82) is 0 Å². The van der Waals surface area contributed by atoms with Crippen molar-refractivity contribution < 1.29 is 14.6 Å². The van der Waals surface area contributed by atoms with Gasteiger partial charge in [0.15, 0.2) is 0 Å². The van der Waals surface area contributed by atoms with Crippen molar-refractivity contribution in [2.75, 3.05) is 26.2 Å². The van der Waals surface area contributed by atoms with Gasteiger partial charge in [-0.3, -0.25) is 0 Å². The van der Waals surface area contributed by atoms with Crippen LogP contribution < -0.4 is 5.32 Å². The maximum atomic E-state index is 12.1. The lowest BCUT2D eigenvalue weighted by molar-refractivity contribution is 0.0188. The molecule has 0 bridgehead atoms. The molecule has 2 aliphatic rings. The van der Waals surface area contributed by atoms with Gasteiger partial charge in [0.25, 0.3) is 0 Å². The van der Waals surface area contributed by atoms with Crippen LogP contribution in [0.15, 0.2) is 0 Å². The zero-order valence-corrected chi connectivity index (χ0v) is 15.1. The third-order valence-electron chi connectivity index (χ3n) is 5.16. The summed E-state index contributed by atoms with van der Waals surface area (Å²) < 4.78 is 5.43. The molecule has 0 aromatic rings. The molecule has 5 heteroatoms. The van der Waals surface area contributed by atoms with E-state index in [1.165, 1.54) is 19.3 Å². The highest BCUT2D eigenvalue weighted by atomic mass is 16.6. The Hall–Kier alpha value is -0.810. The molecule has 134 valence electrons. The Morgan fingerprint density at radius 3 is 2.35 bits per heavy atom. The first-order valence-electron chi connectivity index (χ1n) is 9.16. The van der Waals surface area contributed by atoms with Crippen molar-refractivity contribution in [2.45, 2.75) is 77.4 Å². The van der Waals surface area contributed by atoms with Crippen LogP contribution in [0.4, 0.5) is 4.79 Å². The Kier molecular flexibility index (Phi) is 6.32. The van der Waals surface area contributed by atoms with Crippen molar-refractivity contribution in [3.63, 3.8) is 0 Å². The van der Waals surface area contributed by atoms with Gasteiger partial charge >= 0.3 is 6.09 Å². The molecular weight excluding hydrogens is 292 g/mol. The number of likely N-dealkylation sites (tertiary alicyclic amines) is 1. The fraction of sp³-hybridized carbons (Fsp3) is 0.944. The summed E-state index contributed by atoms with van der Waals surface area (Å²) in [6, 6.07) is 0.444. The maximum absolute atomic E-state index is 12.1. The summed E-state index contributed by atoms with van der Waals surface area (Å²) in [5.41, 5.74) is -0.346. The van der Waals surface area contributed by atoms with Crippen molar-refractivity contribution in [2.24, 2.45) is 5.41 Å². The monoisotopic (exact) mass is 326 g/mol. The zero-order chi connectivity index (χ0) is 16.9. The highest BCUT2D eigenvalue weighted by molar-refractivity contribution is 5.68. The van der Waals surface area contributed by atoms with E-state index >= 15 is 0 Å². The molecule has 0 aromatic carbocycles. The van der Waals surface area contributed by atoms with E-state index in [-0.39, 0.29) is 18.1 Å². The molecule has 0 aromatic heterocycles. The molecule has 1 aliphatic carbocycles. The number of aliphatic hydroxyl groups excluding tert-OH is 1. The second-order valence-corrected chi connectivity index (χ2v) is 8.34. The molecule has 0 spiro atoms. The van der Waals surface area contributed by atoms with Gasteiger partial charge in [-0.1, -0.05) is 19.3 Å². The minimum atomic E-state index is -0.430. The van der Waals surface area contributed by atoms with E-state index in [1.807, 2.05) is 25.7 Å². The topological polar surface area (TPSA) is 61.8 Å². The number of nitrogens with zero attached hydrogens (tertiary/aromatic N) is 1. The Balaban J connectivity index is 1.73. The van der Waals surface area contributed by atoms with Crippen molar-refractivity contribution in [1.82, 2.24) is 10.2 Å². The third kappa shape index (κ3) is 5.64. The fourth-order valence-corrected chi connectivity index (χ4v) is 3.65. The first-order chi connectivity index (χ1) is 10.8. The van der Waals surface area contributed by atoms with Gasteiger partial charge in [-0.15, -0.1) is 0 Å². The molecule has 1 amide bonds. The SMILES string of the molecule is CC(C)(C)OC(=O)N1CCC(NCC2(CO)CCCCC2)CC1. The predicted molar refractivity (Wildman–Crippen MR) is 91.4 cm³/mol. The van der Waals surface area contributed by atoms with Crippen LogP contribution in [-0.2, 0) is 4.74 Å². The van der Waals surface area contributed by atoms with Crippen LogP contribution in [-0.4, -0.2) is 54.0 Å². The standard InChI is InChI=1S/C18H34N2O3/c1-17(2,3)23-16(22)20-11-7-15(8-12-20)19-13-18(14-21)9-5-4-6-10-18/h15,19,21H,4-14H2,1-3H3. The molecule has 1 heterocycles. The van der Waals surface area contributed by atoms with Gasteiger partial charge in [0.05, 0.1) is 0 Å². The van der Waals surface area contributed by atoms with E-state index in [4.69, 9.17) is 4.74 Å². The number of aliphatic hydroxyl groups is 1. The normalized spacial score (nSPS) is 22.9. The average Bonchev–Trinajstić information content (AvgIpc) is 2.53. The second kappa shape index (κ2) is 7.84. The largest absolute Gasteiger partial charge is 0.444 e. The van der Waals surface area contributed by atoms with E-state index < -0.39 is 5.60 Å². The van der Waals surface area contributed by atoms with Crippen LogP contribution in [0.5, 0.6) is 0 Å². The molecule has 5 nitrogen and oxygen atoms in total. The van der Waals surface area contributed by atoms with E-state index in [2.05, 4.69) is 5.32 Å². The molecule has 1 saturated carbocycles. The number of rotatable bonds is 4. The number of hydrogen-bond donors (Lipinski definition) is 2. The molecule has 2 fully saturated rings. The van der Waals surface area contributed by atoms with Crippen LogP contribution in [0.25, 0.3) is 0 Å². The number of amides is 1. The summed E-state index contributed by atoms with van der Waals surface area (Å²) in [6.07, 6.45) is 7.76. The van der Waals surface area contributed by atoms with Crippen LogP contribution in [0.1, 0.15) is 65.7 Å². The number of hydrogen-bond acceptors (Lipinski definition) is 4. The Morgan fingerprint density at radius 1 is 1.22 bits per heavy atom. The fourth-order valence-electron chi connectivity index (χ4n) is 3.65. The summed E-state index contributed by atoms with van der Waals surface area (Å²) in [5, 5.41) is 13.4. The predicted octanol–water partition coefficient (Wildman–Crippen LogP) is 2.92. The van der Waals surface area contributed by atoms with Gasteiger partial charge in [-0.2, -0.15) is 0 Å². The van der Waals surface area contributed by atoms with Crippen LogP contribution >= 0.6 is 0 Å². The number of ether oxygens (including phenoxy) is 1. The van der Waals surface area contributed by atoms with Gasteiger partial charge in [0.1, 0.15) is 5.60 Å². The average molecular weight is 326 g/mol. The highest BCUT2D eigenvalue weighted by Crippen LogP contribution is 2.35. The molecule has 0 unspecified atom stereocenters. The van der Waals surface area contributed by atoms with Crippen molar-refractivity contribution >= 4 is 6.09 Å². The first-order valence-corrected chi connectivity index (χ1v) is 9.16. The molecule has 1 saturated heterocycles. The van der Waals surface area contributed by atoms with Gasteiger partial charge in [0.2, 0.25) is 0 Å². The summed E-state index contributed by atoms with van der Waals surface area (Å²) >= 11 is 0. The van der Waals surface area contributed by atoms with Crippen LogP contribution in [0.3, 0.4) is 0 Å². The minimum absolute atomic E-state index is 0.0839. The van der Waals surface area contributed by atoms with Crippen LogP contribution in [0, 0.1) is 5.41 Å². The summed E-state index contributed by atoms with van der Waals surface area (Å²) in [7, 11) is 0. The molecule has 2 rings (SSSR count). The Labute approximate surface area is 140 Å². The minimum Gasteiger partial charge on any atom is -0.444 e. The maximum Gasteiger partial charge on any atom is 0.410 e. The number of carbonyl (C=O) groups is 1. The van der Waals surface area contributed by atoms with Gasteiger partial charge < -0.3 is 20.1 Å². The van der Waals surface area contributed by atoms with Crippen molar-refractivity contribution in [3.05, 3.63) is 0 Å². The lowest BCUT2D eigenvalue weighted by atomic mass is 9.74. The smallest absolute Gasteiger partial charge is 0.410 e. The molecule has 0 atom stereocenters. The van der Waals surface area contributed by atoms with Gasteiger partial charge in [-0.05, 0) is 46.5 Å². The third-order valence-corrected chi connectivity index (χ3v) is 5.16. The summed E-state index contributed by atoms with van der Waals surface area (Å²) in [4.78, 5) is 13.9. The lowest BCUT2D eigenvalue weighted by Crippen LogP contribution is -2.49. The van der Waals surface area contributed by atoms with Crippen molar-refractivity contribution in [3.8, 4) is 0 Å². The van der Waals surface area contributed by atoms with Gasteiger partial charge in [0, 0.05) is 37.7 Å². The second-order valence-electron chi connectivity index (χ2n) is 8.34. The molecular formula is C18H34N2O3. The molecule has 0 radical (unpaired) electrons. The molecule has 1 aliphatic heterocycles. The van der Waals surface area contributed by atoms with E-state index in [0.29, 0.717) is 6.04 Å². The van der Waals surface area contributed by atoms with E-state index in [0.717, 1.165) is 45.3 Å². The Bertz CT molecular complexity index is 378. The first kappa shape index (κ1) is 18.5.